The van der Waals surface area contributed by atoms with Crippen LogP contribution in [0.25, 0.3) is 0 Å². The minimum Gasteiger partial charge on any atom is -0.616 e. The fourth-order valence-corrected chi connectivity index (χ4v) is 2.20. The zero-order chi connectivity index (χ0) is 11.3. The third kappa shape index (κ3) is 4.97. The molecule has 0 radical (unpaired) electrons. The summed E-state index contributed by atoms with van der Waals surface area (Å²) in [5.74, 6) is -0.290. The van der Waals surface area contributed by atoms with Crippen molar-refractivity contribution < 1.29 is 18.8 Å². The monoisotopic (exact) mass is 234 g/mol. The normalized spacial score (nSPS) is 21.5. The van der Waals surface area contributed by atoms with Gasteiger partial charge in [0.15, 0.2) is 17.3 Å². The summed E-state index contributed by atoms with van der Waals surface area (Å²) < 4.78 is 21.6. The Bertz CT molecular complexity index is 211. The van der Waals surface area contributed by atoms with E-state index in [0.717, 1.165) is 12.8 Å². The molecule has 0 aromatic rings. The quantitative estimate of drug-likeness (QED) is 0.640. The molecule has 0 saturated carbocycles. The van der Waals surface area contributed by atoms with Crippen LogP contribution in [0, 0.1) is 0 Å². The predicted octanol–water partition coefficient (Wildman–Crippen LogP) is 0.867. The van der Waals surface area contributed by atoms with Crippen molar-refractivity contribution in [3.05, 3.63) is 0 Å². The van der Waals surface area contributed by atoms with Gasteiger partial charge in [0.25, 0.3) is 0 Å². The van der Waals surface area contributed by atoms with Gasteiger partial charge in [0.05, 0.1) is 19.5 Å². The number of ether oxygens (including phenoxy) is 2. The SMILES string of the molecule is C[S+]([O-])CC(=O)CCCC1(C)OCCO1. The van der Waals surface area contributed by atoms with Crippen molar-refractivity contribution in [1.29, 1.82) is 0 Å². The van der Waals surface area contributed by atoms with Crippen LogP contribution in [0.5, 0.6) is 0 Å². The molecular formula is C10H18O4S. The van der Waals surface area contributed by atoms with Crippen LogP contribution in [0.3, 0.4) is 0 Å². The molecule has 1 aliphatic heterocycles. The molecule has 1 aliphatic rings. The van der Waals surface area contributed by atoms with Crippen LogP contribution in [-0.2, 0) is 25.4 Å². The van der Waals surface area contributed by atoms with E-state index >= 15 is 0 Å². The highest BCUT2D eigenvalue weighted by Gasteiger charge is 2.30. The molecule has 1 saturated heterocycles. The van der Waals surface area contributed by atoms with E-state index in [1.807, 2.05) is 6.92 Å². The second-order valence-corrected chi connectivity index (χ2v) is 5.38. The molecule has 1 rings (SSSR count). The van der Waals surface area contributed by atoms with Crippen molar-refractivity contribution >= 4 is 17.0 Å². The minimum atomic E-state index is -1.02. The van der Waals surface area contributed by atoms with E-state index in [-0.39, 0.29) is 11.5 Å². The van der Waals surface area contributed by atoms with Gasteiger partial charge in [0.2, 0.25) is 0 Å². The maximum Gasteiger partial charge on any atom is 0.181 e. The third-order valence-electron chi connectivity index (χ3n) is 2.35. The summed E-state index contributed by atoms with van der Waals surface area (Å²) in [7, 11) is 0. The number of carbonyl (C=O) groups is 1. The summed E-state index contributed by atoms with van der Waals surface area (Å²) in [5, 5.41) is 0. The van der Waals surface area contributed by atoms with Crippen LogP contribution in [0.1, 0.15) is 26.2 Å². The van der Waals surface area contributed by atoms with E-state index in [2.05, 4.69) is 0 Å². The van der Waals surface area contributed by atoms with Crippen molar-refractivity contribution in [1.82, 2.24) is 0 Å². The summed E-state index contributed by atoms with van der Waals surface area (Å²) >= 11 is -1.02. The molecule has 0 bridgehead atoms. The van der Waals surface area contributed by atoms with Crippen LogP contribution in [0.2, 0.25) is 0 Å². The van der Waals surface area contributed by atoms with Crippen LogP contribution in [0.4, 0.5) is 0 Å². The molecule has 1 atom stereocenters. The van der Waals surface area contributed by atoms with Gasteiger partial charge in [-0.15, -0.1) is 0 Å². The number of rotatable bonds is 6. The summed E-state index contributed by atoms with van der Waals surface area (Å²) in [4.78, 5) is 11.3. The lowest BCUT2D eigenvalue weighted by atomic mass is 10.1. The molecule has 0 aliphatic carbocycles. The molecule has 0 N–H and O–H groups in total. The van der Waals surface area contributed by atoms with Gasteiger partial charge >= 0.3 is 0 Å². The fraction of sp³-hybridized carbons (Fsp3) is 0.900. The molecule has 0 aromatic carbocycles. The summed E-state index contributed by atoms with van der Waals surface area (Å²) in [6.07, 6.45) is 3.45. The van der Waals surface area contributed by atoms with Crippen LogP contribution in [0.15, 0.2) is 0 Å². The second kappa shape index (κ2) is 5.84. The van der Waals surface area contributed by atoms with Crippen molar-refractivity contribution in [3.63, 3.8) is 0 Å². The standard InChI is InChI=1S/C10H18O4S/c1-10(13-6-7-14-10)5-3-4-9(11)8-15(2)12/h3-8H2,1-2H3. The predicted molar refractivity (Wildman–Crippen MR) is 58.1 cm³/mol. The van der Waals surface area contributed by atoms with Gasteiger partial charge in [-0.2, -0.15) is 0 Å². The highest BCUT2D eigenvalue weighted by atomic mass is 32.2. The summed E-state index contributed by atoms with van der Waals surface area (Å²) in [5.41, 5.74) is 0. The van der Waals surface area contributed by atoms with Crippen LogP contribution in [-0.4, -0.2) is 41.3 Å². The lowest BCUT2D eigenvalue weighted by Gasteiger charge is -2.21. The first-order chi connectivity index (χ1) is 7.02. The molecule has 88 valence electrons. The smallest absolute Gasteiger partial charge is 0.181 e. The van der Waals surface area contributed by atoms with Gasteiger partial charge in [0, 0.05) is 12.8 Å². The van der Waals surface area contributed by atoms with E-state index in [0.29, 0.717) is 19.6 Å². The van der Waals surface area contributed by atoms with E-state index in [1.165, 1.54) is 0 Å². The molecule has 15 heavy (non-hydrogen) atoms. The Kier molecular flexibility index (Phi) is 5.05. The highest BCUT2D eigenvalue weighted by Crippen LogP contribution is 2.24. The van der Waals surface area contributed by atoms with E-state index in [9.17, 15) is 9.35 Å². The number of hydrogen-bond donors (Lipinski definition) is 0. The highest BCUT2D eigenvalue weighted by molar-refractivity contribution is 7.91. The Morgan fingerprint density at radius 3 is 2.60 bits per heavy atom. The van der Waals surface area contributed by atoms with Gasteiger partial charge in [0.1, 0.15) is 0 Å². The number of carbonyl (C=O) groups excluding carboxylic acids is 1. The minimum absolute atomic E-state index is 0.0532. The first-order valence-corrected chi connectivity index (χ1v) is 6.84. The van der Waals surface area contributed by atoms with E-state index < -0.39 is 17.0 Å². The van der Waals surface area contributed by atoms with Crippen molar-refractivity contribution in [2.45, 2.75) is 32.0 Å². The number of Topliss-reactive ketones (excluding diaryl/α,β-unsaturated/α-hetero) is 1. The van der Waals surface area contributed by atoms with Crippen molar-refractivity contribution in [2.24, 2.45) is 0 Å². The van der Waals surface area contributed by atoms with Crippen molar-refractivity contribution in [2.75, 3.05) is 25.2 Å². The molecule has 0 aromatic heterocycles. The Balaban J connectivity index is 2.12. The number of hydrogen-bond acceptors (Lipinski definition) is 4. The molecule has 1 unspecified atom stereocenters. The summed E-state index contributed by atoms with van der Waals surface area (Å²) in [6.45, 7) is 3.15. The third-order valence-corrected chi connectivity index (χ3v) is 3.08. The first-order valence-electron chi connectivity index (χ1n) is 5.11. The van der Waals surface area contributed by atoms with Crippen molar-refractivity contribution in [3.8, 4) is 0 Å². The lowest BCUT2D eigenvalue weighted by Crippen LogP contribution is -2.25. The maximum absolute atomic E-state index is 11.3. The zero-order valence-corrected chi connectivity index (χ0v) is 10.1. The molecular weight excluding hydrogens is 216 g/mol. The fourth-order valence-electron chi connectivity index (χ4n) is 1.61. The average Bonchev–Trinajstić information content (AvgIpc) is 2.51. The molecule has 1 fully saturated rings. The Labute approximate surface area is 93.5 Å². The van der Waals surface area contributed by atoms with Gasteiger partial charge in [-0.05, 0) is 24.5 Å². The summed E-state index contributed by atoms with van der Waals surface area (Å²) in [6, 6.07) is 0. The molecule has 0 spiro atoms. The molecule has 1 heterocycles. The second-order valence-electron chi connectivity index (χ2n) is 3.94. The van der Waals surface area contributed by atoms with Gasteiger partial charge in [-0.1, -0.05) is 0 Å². The maximum atomic E-state index is 11.3. The molecule has 0 amide bonds. The molecule has 5 heteroatoms. The van der Waals surface area contributed by atoms with Gasteiger partial charge in [-0.25, -0.2) is 0 Å². The Morgan fingerprint density at radius 1 is 1.47 bits per heavy atom. The van der Waals surface area contributed by atoms with E-state index in [4.69, 9.17) is 9.47 Å². The van der Waals surface area contributed by atoms with Crippen LogP contribution < -0.4 is 0 Å². The topological polar surface area (TPSA) is 58.6 Å². The Morgan fingerprint density at radius 2 is 2.07 bits per heavy atom. The van der Waals surface area contributed by atoms with Crippen LogP contribution >= 0.6 is 0 Å². The van der Waals surface area contributed by atoms with Gasteiger partial charge in [-0.3, -0.25) is 4.79 Å². The zero-order valence-electron chi connectivity index (χ0n) is 9.28. The average molecular weight is 234 g/mol. The number of ketones is 1. The first kappa shape index (κ1) is 13.0. The van der Waals surface area contributed by atoms with E-state index in [1.54, 1.807) is 6.26 Å². The Hall–Kier alpha value is -0.100. The lowest BCUT2D eigenvalue weighted by molar-refractivity contribution is -0.148. The largest absolute Gasteiger partial charge is 0.616 e. The molecule has 4 nitrogen and oxygen atoms in total. The van der Waals surface area contributed by atoms with Gasteiger partial charge < -0.3 is 14.0 Å².